The topological polar surface area (TPSA) is 106 Å². The Kier molecular flexibility index (Phi) is 6.23. The van der Waals surface area contributed by atoms with Gasteiger partial charge in [-0.15, -0.1) is 0 Å². The summed E-state index contributed by atoms with van der Waals surface area (Å²) >= 11 is 0. The average Bonchev–Trinajstić information content (AvgIpc) is 2.99. The Morgan fingerprint density at radius 3 is 1.49 bits per heavy atom. The van der Waals surface area contributed by atoms with E-state index < -0.39 is 0 Å². The molecule has 0 amide bonds. The molecule has 0 saturated heterocycles. The fraction of sp³-hybridized carbons (Fsp3) is 0.0312. The van der Waals surface area contributed by atoms with Crippen LogP contribution in [0.25, 0.3) is 65.4 Å². The largest absolute Gasteiger partial charge is 0.271 e. The Hall–Kier alpha value is -6.33. The van der Waals surface area contributed by atoms with Gasteiger partial charge in [-0.1, -0.05) is 66.2 Å². The minimum Gasteiger partial charge on any atom is -0.245 e. The van der Waals surface area contributed by atoms with Crippen molar-refractivity contribution >= 4 is 33.2 Å². The molecule has 0 atom stereocenters. The van der Waals surface area contributed by atoms with Crippen LogP contribution in [0.2, 0.25) is 0 Å². The first kappa shape index (κ1) is 24.4. The second-order valence-electron chi connectivity index (χ2n) is 8.61. The van der Waals surface area contributed by atoms with Gasteiger partial charge in [0, 0.05) is 21.6 Å². The molecule has 0 aliphatic rings. The number of fused-ring (bicyclic) bond motifs is 2. The van der Waals surface area contributed by atoms with E-state index in [4.69, 9.17) is 23.1 Å². The van der Waals surface area contributed by atoms with Gasteiger partial charge in [0.1, 0.15) is 0 Å². The monoisotopic (exact) mass is 497 g/mol. The zero-order valence-electron chi connectivity index (χ0n) is 20.6. The van der Waals surface area contributed by atoms with Crippen LogP contribution in [0.5, 0.6) is 0 Å². The standard InChI is InChI=1S/C32H15N7/c1-19-8-12-21(13-9-19)29-30(22-14-10-20(16-33)11-15-22)39-32-28(26(18-35)37-3)24-7-5-4-6-23(24)27(31(32)38-29)25(17-34)36-2/h4-15H,1H3/b27-25+,28-26+. The molecule has 1 aromatic heterocycles. The van der Waals surface area contributed by atoms with Crippen LogP contribution in [0.1, 0.15) is 11.1 Å². The lowest BCUT2D eigenvalue weighted by atomic mass is 9.98. The normalized spacial score (nSPS) is 11.9. The predicted octanol–water partition coefficient (Wildman–Crippen LogP) is 5.40. The van der Waals surface area contributed by atoms with E-state index in [1.54, 1.807) is 48.5 Å². The average molecular weight is 498 g/mol. The van der Waals surface area contributed by atoms with E-state index >= 15 is 0 Å². The third-order valence-electron chi connectivity index (χ3n) is 6.36. The van der Waals surface area contributed by atoms with Gasteiger partial charge in [0.15, 0.2) is 0 Å². The van der Waals surface area contributed by atoms with Gasteiger partial charge < -0.3 is 0 Å². The molecule has 0 bridgehead atoms. The predicted molar refractivity (Wildman–Crippen MR) is 148 cm³/mol. The molecule has 0 N–H and O–H groups in total. The van der Waals surface area contributed by atoms with E-state index in [1.165, 1.54) is 0 Å². The van der Waals surface area contributed by atoms with E-state index in [0.29, 0.717) is 43.7 Å². The van der Waals surface area contributed by atoms with Gasteiger partial charge in [0.05, 0.1) is 59.3 Å². The van der Waals surface area contributed by atoms with Gasteiger partial charge in [-0.25, -0.2) is 30.2 Å². The summed E-state index contributed by atoms with van der Waals surface area (Å²) in [7, 11) is 0. The maximum absolute atomic E-state index is 9.89. The number of rotatable bonds is 2. The molecule has 4 aromatic carbocycles. The SMILES string of the molecule is [C-]#[N+]/C(C#N)=c1\c2ccccc2/c(=C(/C#N)[N+]#[C-])c2nc(-c3ccc(C#N)cc3)c(-c3ccc(C)cc3)nc12. The third-order valence-corrected chi connectivity index (χ3v) is 6.36. The summed E-state index contributed by atoms with van der Waals surface area (Å²) < 4.78 is 0. The molecule has 0 saturated carbocycles. The van der Waals surface area contributed by atoms with Gasteiger partial charge in [-0.05, 0) is 29.8 Å². The lowest BCUT2D eigenvalue weighted by molar-refractivity contribution is 1.28. The van der Waals surface area contributed by atoms with Crippen molar-refractivity contribution in [2.45, 2.75) is 6.92 Å². The van der Waals surface area contributed by atoms with Gasteiger partial charge in [0.2, 0.25) is 0 Å². The summed E-state index contributed by atoms with van der Waals surface area (Å²) in [5.74, 6) is 0. The van der Waals surface area contributed by atoms with Crippen LogP contribution in [0, 0.1) is 54.1 Å². The first-order valence-corrected chi connectivity index (χ1v) is 11.7. The zero-order valence-corrected chi connectivity index (χ0v) is 20.6. The van der Waals surface area contributed by atoms with Crippen LogP contribution in [-0.4, -0.2) is 9.97 Å². The summed E-state index contributed by atoms with van der Waals surface area (Å²) in [5.41, 5.74) is 4.09. The van der Waals surface area contributed by atoms with Crippen molar-refractivity contribution in [1.82, 2.24) is 9.97 Å². The quantitative estimate of drug-likeness (QED) is 0.240. The summed E-state index contributed by atoms with van der Waals surface area (Å²) in [6, 6.07) is 27.7. The van der Waals surface area contributed by atoms with Crippen molar-refractivity contribution in [1.29, 1.82) is 15.8 Å². The van der Waals surface area contributed by atoms with E-state index in [1.807, 2.05) is 43.3 Å². The molecule has 0 unspecified atom stereocenters. The Morgan fingerprint density at radius 1 is 0.667 bits per heavy atom. The van der Waals surface area contributed by atoms with Crippen molar-refractivity contribution in [3.63, 3.8) is 0 Å². The Labute approximate surface area is 223 Å². The highest BCUT2D eigenvalue weighted by Gasteiger charge is 2.19. The highest BCUT2D eigenvalue weighted by Crippen LogP contribution is 2.31. The van der Waals surface area contributed by atoms with E-state index in [-0.39, 0.29) is 22.4 Å². The Morgan fingerprint density at radius 2 is 1.10 bits per heavy atom. The van der Waals surface area contributed by atoms with Crippen LogP contribution in [0.3, 0.4) is 0 Å². The highest BCUT2D eigenvalue weighted by atomic mass is 14.8. The van der Waals surface area contributed by atoms with Crippen molar-refractivity contribution in [2.24, 2.45) is 0 Å². The molecule has 0 fully saturated rings. The van der Waals surface area contributed by atoms with Gasteiger partial charge in [-0.2, -0.15) is 5.26 Å². The number of hydrogen-bond donors (Lipinski definition) is 0. The number of hydrogen-bond acceptors (Lipinski definition) is 5. The van der Waals surface area contributed by atoms with Crippen LogP contribution >= 0.6 is 0 Å². The molecule has 0 aliphatic carbocycles. The number of nitrogens with zero attached hydrogens (tertiary/aromatic N) is 7. The van der Waals surface area contributed by atoms with Gasteiger partial charge in [0.25, 0.3) is 11.4 Å². The fourth-order valence-electron chi connectivity index (χ4n) is 4.53. The summed E-state index contributed by atoms with van der Waals surface area (Å²) in [6.07, 6.45) is 0. The lowest BCUT2D eigenvalue weighted by Crippen LogP contribution is -2.21. The van der Waals surface area contributed by atoms with Gasteiger partial charge >= 0.3 is 0 Å². The van der Waals surface area contributed by atoms with E-state index in [0.717, 1.165) is 11.1 Å². The minimum atomic E-state index is -0.174. The van der Waals surface area contributed by atoms with Crippen molar-refractivity contribution in [3.8, 4) is 40.7 Å². The molecule has 7 nitrogen and oxygen atoms in total. The van der Waals surface area contributed by atoms with Crippen LogP contribution in [0.15, 0.2) is 72.8 Å². The first-order chi connectivity index (χ1) is 19.0. The molecule has 178 valence electrons. The molecule has 39 heavy (non-hydrogen) atoms. The molecule has 0 aliphatic heterocycles. The van der Waals surface area contributed by atoms with Crippen molar-refractivity contribution < 1.29 is 0 Å². The van der Waals surface area contributed by atoms with Crippen LogP contribution < -0.4 is 10.4 Å². The second kappa shape index (κ2) is 9.97. The second-order valence-corrected chi connectivity index (χ2v) is 8.61. The Bertz CT molecular complexity index is 2130. The van der Waals surface area contributed by atoms with E-state index in [2.05, 4.69) is 15.8 Å². The molecule has 0 spiro atoms. The molecule has 5 rings (SSSR count). The van der Waals surface area contributed by atoms with Crippen molar-refractivity contribution in [2.75, 3.05) is 0 Å². The number of nitriles is 3. The molecular formula is C32H15N7. The van der Waals surface area contributed by atoms with Gasteiger partial charge in [-0.3, -0.25) is 0 Å². The fourth-order valence-corrected chi connectivity index (χ4v) is 4.53. The minimum absolute atomic E-state index is 0.167. The third kappa shape index (κ3) is 4.08. The summed E-state index contributed by atoms with van der Waals surface area (Å²) in [5, 5.41) is 30.7. The molecule has 5 aromatic rings. The molecular weight excluding hydrogens is 482 g/mol. The smallest absolute Gasteiger partial charge is 0.245 e. The maximum atomic E-state index is 9.89. The lowest BCUT2D eigenvalue weighted by Gasteiger charge is -2.14. The highest BCUT2D eigenvalue weighted by molar-refractivity contribution is 6.03. The first-order valence-electron chi connectivity index (χ1n) is 11.7. The summed E-state index contributed by atoms with van der Waals surface area (Å²) in [4.78, 5) is 17.0. The molecule has 7 heteroatoms. The maximum Gasteiger partial charge on any atom is 0.271 e. The van der Waals surface area contributed by atoms with E-state index in [9.17, 15) is 15.8 Å². The van der Waals surface area contributed by atoms with Crippen LogP contribution in [-0.2, 0) is 0 Å². The van der Waals surface area contributed by atoms with Crippen molar-refractivity contribution in [3.05, 3.63) is 117 Å². The van der Waals surface area contributed by atoms with Crippen LogP contribution in [0.4, 0.5) is 0 Å². The summed E-state index contributed by atoms with van der Waals surface area (Å²) in [6.45, 7) is 17.4. The number of aromatic nitrogens is 2. The molecule has 1 heterocycles. The Balaban J connectivity index is 2.14. The molecule has 0 radical (unpaired) electrons. The number of aryl methyl sites for hydroxylation is 1. The zero-order chi connectivity index (χ0) is 27.5. The number of benzene rings is 4.